The summed E-state index contributed by atoms with van der Waals surface area (Å²) in [4.78, 5) is 4.71. The van der Waals surface area contributed by atoms with Crippen molar-refractivity contribution >= 4 is 10.9 Å². The van der Waals surface area contributed by atoms with Crippen molar-refractivity contribution < 1.29 is 0 Å². The Morgan fingerprint density at radius 3 is 2.70 bits per heavy atom. The Hall–Kier alpha value is -2.18. The molecule has 0 amide bonds. The van der Waals surface area contributed by atoms with E-state index in [0.717, 1.165) is 37.8 Å². The van der Waals surface area contributed by atoms with E-state index < -0.39 is 0 Å². The molecule has 144 valence electrons. The molecule has 6 heteroatoms. The molecule has 1 saturated heterocycles. The molecule has 1 aromatic carbocycles. The minimum Gasteiger partial charge on any atom is -0.346 e. The number of rotatable bonds is 5. The molecule has 0 radical (unpaired) electrons. The van der Waals surface area contributed by atoms with Crippen LogP contribution in [-0.4, -0.2) is 56.3 Å². The van der Waals surface area contributed by atoms with Crippen LogP contribution in [0.25, 0.3) is 10.9 Å². The Kier molecular flexibility index (Phi) is 5.02. The van der Waals surface area contributed by atoms with Crippen molar-refractivity contribution in [2.24, 2.45) is 14.1 Å². The topological polar surface area (TPSA) is 42.1 Å². The molecule has 0 spiro atoms. The average Bonchev–Trinajstić information content (AvgIpc) is 3.16. The molecule has 3 aromatic rings. The molecule has 0 aliphatic carbocycles. The van der Waals surface area contributed by atoms with E-state index in [-0.39, 0.29) is 0 Å². The van der Waals surface area contributed by atoms with E-state index in [0.29, 0.717) is 5.92 Å². The van der Waals surface area contributed by atoms with Gasteiger partial charge in [-0.25, -0.2) is 0 Å². The first-order valence-corrected chi connectivity index (χ1v) is 9.81. The van der Waals surface area contributed by atoms with Gasteiger partial charge in [-0.1, -0.05) is 18.2 Å². The lowest BCUT2D eigenvalue weighted by molar-refractivity contribution is 0.191. The fraction of sp³-hybridized carbons (Fsp3) is 0.524. The van der Waals surface area contributed by atoms with Gasteiger partial charge in [0.2, 0.25) is 0 Å². The summed E-state index contributed by atoms with van der Waals surface area (Å²) < 4.78 is 4.53. The third-order valence-corrected chi connectivity index (χ3v) is 5.76. The fourth-order valence-electron chi connectivity index (χ4n) is 4.29. The number of nitrogens with zero attached hydrogens (tertiary/aromatic N) is 6. The lowest BCUT2D eigenvalue weighted by Gasteiger charge is -2.32. The molecule has 0 saturated carbocycles. The molecule has 0 N–H and O–H groups in total. The van der Waals surface area contributed by atoms with Gasteiger partial charge < -0.3 is 14.0 Å². The molecule has 1 atom stereocenters. The highest BCUT2D eigenvalue weighted by Crippen LogP contribution is 2.28. The summed E-state index contributed by atoms with van der Waals surface area (Å²) in [5.74, 6) is 2.64. The number of piperidine rings is 1. The average molecular weight is 367 g/mol. The van der Waals surface area contributed by atoms with Crippen molar-refractivity contribution in [1.29, 1.82) is 0 Å². The van der Waals surface area contributed by atoms with Gasteiger partial charge in [0.1, 0.15) is 11.6 Å². The molecule has 6 nitrogen and oxygen atoms in total. The first-order chi connectivity index (χ1) is 13.0. The number of benzene rings is 1. The Morgan fingerprint density at radius 2 is 1.93 bits per heavy atom. The van der Waals surface area contributed by atoms with Crippen LogP contribution in [0, 0.1) is 0 Å². The van der Waals surface area contributed by atoms with Crippen molar-refractivity contribution in [3.05, 3.63) is 47.7 Å². The quantitative estimate of drug-likeness (QED) is 0.696. The number of hydrogen-bond acceptors (Lipinski definition) is 4. The molecule has 2 aromatic heterocycles. The van der Waals surface area contributed by atoms with Gasteiger partial charge in [0.05, 0.1) is 6.54 Å². The summed E-state index contributed by atoms with van der Waals surface area (Å²) in [7, 11) is 8.42. The van der Waals surface area contributed by atoms with Crippen LogP contribution in [0.4, 0.5) is 0 Å². The number of fused-ring (bicyclic) bond motifs is 1. The maximum atomic E-state index is 4.54. The van der Waals surface area contributed by atoms with Gasteiger partial charge in [0.25, 0.3) is 0 Å². The third kappa shape index (κ3) is 3.64. The summed E-state index contributed by atoms with van der Waals surface area (Å²) in [6, 6.07) is 11.0. The van der Waals surface area contributed by atoms with Crippen LogP contribution < -0.4 is 0 Å². The SMILES string of the molecule is CN(C)Cc1nnc(C2CCCN(Cc3cc4ccccc4n3C)C2)n1C. The standard InChI is InChI=1S/C21H30N6/c1-24(2)15-20-22-23-21(26(20)4)17-9-7-11-27(13-17)14-18-12-16-8-5-6-10-19(16)25(18)3/h5-6,8,10,12,17H,7,9,11,13-15H2,1-4H3. The van der Waals surface area contributed by atoms with E-state index in [1.54, 1.807) is 0 Å². The van der Waals surface area contributed by atoms with E-state index in [9.17, 15) is 0 Å². The molecule has 1 aliphatic heterocycles. The summed E-state index contributed by atoms with van der Waals surface area (Å²) in [5, 5.41) is 10.3. The first kappa shape index (κ1) is 18.2. The van der Waals surface area contributed by atoms with Crippen molar-refractivity contribution in [2.75, 3.05) is 27.2 Å². The van der Waals surface area contributed by atoms with Crippen LogP contribution in [0.3, 0.4) is 0 Å². The van der Waals surface area contributed by atoms with Crippen LogP contribution in [0.15, 0.2) is 30.3 Å². The lowest BCUT2D eigenvalue weighted by atomic mass is 9.97. The zero-order chi connectivity index (χ0) is 19.0. The Balaban J connectivity index is 1.50. The highest BCUT2D eigenvalue weighted by molar-refractivity contribution is 5.81. The smallest absolute Gasteiger partial charge is 0.146 e. The number of aromatic nitrogens is 4. The molecular weight excluding hydrogens is 336 g/mol. The largest absolute Gasteiger partial charge is 0.346 e. The lowest BCUT2D eigenvalue weighted by Crippen LogP contribution is -2.35. The van der Waals surface area contributed by atoms with Crippen LogP contribution in [0.2, 0.25) is 0 Å². The number of likely N-dealkylation sites (tertiary alicyclic amines) is 1. The van der Waals surface area contributed by atoms with E-state index in [1.165, 1.54) is 29.4 Å². The van der Waals surface area contributed by atoms with E-state index in [1.807, 2.05) is 0 Å². The fourth-order valence-corrected chi connectivity index (χ4v) is 4.29. The van der Waals surface area contributed by atoms with Crippen molar-refractivity contribution in [3.8, 4) is 0 Å². The summed E-state index contributed by atoms with van der Waals surface area (Å²) in [6.45, 7) is 4.02. The van der Waals surface area contributed by atoms with Gasteiger partial charge in [-0.05, 0) is 51.0 Å². The third-order valence-electron chi connectivity index (χ3n) is 5.76. The zero-order valence-corrected chi connectivity index (χ0v) is 16.9. The van der Waals surface area contributed by atoms with E-state index in [4.69, 9.17) is 0 Å². The van der Waals surface area contributed by atoms with Crippen LogP contribution in [0.1, 0.15) is 36.1 Å². The summed E-state index contributed by atoms with van der Waals surface area (Å²) in [6.07, 6.45) is 2.41. The van der Waals surface area contributed by atoms with Crippen LogP contribution in [-0.2, 0) is 27.2 Å². The normalized spacial score (nSPS) is 18.6. The van der Waals surface area contributed by atoms with E-state index >= 15 is 0 Å². The maximum absolute atomic E-state index is 4.54. The van der Waals surface area contributed by atoms with Crippen molar-refractivity contribution in [2.45, 2.75) is 31.8 Å². The molecule has 4 rings (SSSR count). The predicted molar refractivity (Wildman–Crippen MR) is 109 cm³/mol. The second-order valence-corrected chi connectivity index (χ2v) is 8.10. The van der Waals surface area contributed by atoms with Crippen molar-refractivity contribution in [3.63, 3.8) is 0 Å². The molecule has 1 unspecified atom stereocenters. The molecule has 1 aliphatic rings. The molecule has 1 fully saturated rings. The second-order valence-electron chi connectivity index (χ2n) is 8.10. The zero-order valence-electron chi connectivity index (χ0n) is 16.9. The van der Waals surface area contributed by atoms with Gasteiger partial charge in [-0.15, -0.1) is 10.2 Å². The number of aryl methyl sites for hydroxylation is 1. The van der Waals surface area contributed by atoms with Crippen LogP contribution in [0.5, 0.6) is 0 Å². The highest BCUT2D eigenvalue weighted by Gasteiger charge is 2.26. The number of para-hydroxylation sites is 1. The predicted octanol–water partition coefficient (Wildman–Crippen LogP) is 2.75. The highest BCUT2D eigenvalue weighted by atomic mass is 15.3. The molecule has 3 heterocycles. The molecule has 27 heavy (non-hydrogen) atoms. The van der Waals surface area contributed by atoms with Gasteiger partial charge in [0, 0.05) is 44.3 Å². The Morgan fingerprint density at radius 1 is 1.11 bits per heavy atom. The van der Waals surface area contributed by atoms with Crippen LogP contribution >= 0.6 is 0 Å². The Bertz CT molecular complexity index is 922. The Labute approximate surface area is 161 Å². The number of hydrogen-bond donors (Lipinski definition) is 0. The molecule has 0 bridgehead atoms. The maximum Gasteiger partial charge on any atom is 0.146 e. The molecular formula is C21H30N6. The summed E-state index contributed by atoms with van der Waals surface area (Å²) >= 11 is 0. The minimum absolute atomic E-state index is 0.460. The van der Waals surface area contributed by atoms with Gasteiger partial charge in [-0.2, -0.15) is 0 Å². The van der Waals surface area contributed by atoms with Gasteiger partial charge in [0.15, 0.2) is 0 Å². The second kappa shape index (κ2) is 7.44. The first-order valence-electron chi connectivity index (χ1n) is 9.81. The van der Waals surface area contributed by atoms with Crippen molar-refractivity contribution in [1.82, 2.24) is 29.1 Å². The van der Waals surface area contributed by atoms with E-state index in [2.05, 4.69) is 87.7 Å². The monoisotopic (exact) mass is 366 g/mol. The summed E-state index contributed by atoms with van der Waals surface area (Å²) in [5.41, 5.74) is 2.69. The van der Waals surface area contributed by atoms with Gasteiger partial charge >= 0.3 is 0 Å². The van der Waals surface area contributed by atoms with Gasteiger partial charge in [-0.3, -0.25) is 4.90 Å². The minimum atomic E-state index is 0.460.